The molecule has 0 bridgehead atoms. The van der Waals surface area contributed by atoms with Crippen molar-refractivity contribution in [3.8, 4) is 11.5 Å². The topological polar surface area (TPSA) is 51.1 Å². The number of amides is 1. The van der Waals surface area contributed by atoms with Crippen LogP contribution in [0, 0.1) is 0 Å². The molecule has 2 saturated carbocycles. The van der Waals surface area contributed by atoms with Gasteiger partial charge in [0.25, 0.3) is 5.91 Å². The Hall–Kier alpha value is -1.67. The van der Waals surface area contributed by atoms with E-state index in [-0.39, 0.29) is 18.6 Å². The summed E-state index contributed by atoms with van der Waals surface area (Å²) in [6.45, 7) is 0.261. The van der Waals surface area contributed by atoms with Gasteiger partial charge in [-0.15, -0.1) is 0 Å². The van der Waals surface area contributed by atoms with Crippen LogP contribution in [0.2, 0.25) is 10.0 Å². The first-order valence-electron chi connectivity index (χ1n) is 13.7. The van der Waals surface area contributed by atoms with Gasteiger partial charge in [0, 0.05) is 21.7 Å². The largest absolute Gasteiger partial charge is 0.493 e. The zero-order chi connectivity index (χ0) is 27.4. The van der Waals surface area contributed by atoms with E-state index in [2.05, 4.69) is 15.9 Å². The number of aliphatic imine (C=N–C) groups is 1. The third kappa shape index (κ3) is 6.98. The van der Waals surface area contributed by atoms with Gasteiger partial charge in [0.1, 0.15) is 6.61 Å². The minimum atomic E-state index is 0.0641. The monoisotopic (exact) mass is 650 g/mol. The molecule has 0 atom stereocenters. The van der Waals surface area contributed by atoms with Crippen LogP contribution in [0.25, 0.3) is 6.08 Å². The smallest absolute Gasteiger partial charge is 0.266 e. The third-order valence-electron chi connectivity index (χ3n) is 7.58. The van der Waals surface area contributed by atoms with E-state index in [0.717, 1.165) is 46.5 Å². The molecule has 2 aliphatic carbocycles. The molecule has 0 radical (unpaired) electrons. The fourth-order valence-electron chi connectivity index (χ4n) is 5.51. The van der Waals surface area contributed by atoms with Gasteiger partial charge >= 0.3 is 0 Å². The summed E-state index contributed by atoms with van der Waals surface area (Å²) >= 11 is 17.5. The number of halogens is 3. The lowest BCUT2D eigenvalue weighted by Gasteiger charge is -2.31. The number of thioether (sulfide) groups is 1. The van der Waals surface area contributed by atoms with Crippen LogP contribution in [0.15, 0.2) is 44.7 Å². The van der Waals surface area contributed by atoms with Crippen LogP contribution >= 0.6 is 50.9 Å². The van der Waals surface area contributed by atoms with Gasteiger partial charge in [-0.3, -0.25) is 14.7 Å². The normalized spacial score (nSPS) is 21.2. The van der Waals surface area contributed by atoms with E-state index >= 15 is 0 Å². The Morgan fingerprint density at radius 2 is 1.77 bits per heavy atom. The molecule has 0 aromatic heterocycles. The maximum absolute atomic E-state index is 13.7. The van der Waals surface area contributed by atoms with Crippen LogP contribution in [-0.2, 0) is 11.4 Å². The summed E-state index contributed by atoms with van der Waals surface area (Å²) in [5, 5.41) is 2.01. The molecule has 1 saturated heterocycles. The highest BCUT2D eigenvalue weighted by atomic mass is 79.9. The zero-order valence-corrected chi connectivity index (χ0v) is 26.0. The number of nitrogens with zero attached hydrogens (tertiary/aromatic N) is 2. The van der Waals surface area contributed by atoms with E-state index in [4.69, 9.17) is 37.7 Å². The number of hydrogen-bond acceptors (Lipinski definition) is 5. The summed E-state index contributed by atoms with van der Waals surface area (Å²) in [6, 6.07) is 9.73. The van der Waals surface area contributed by atoms with E-state index in [9.17, 15) is 4.79 Å². The molecule has 0 N–H and O–H groups in total. The van der Waals surface area contributed by atoms with Crippen LogP contribution in [0.4, 0.5) is 0 Å². The van der Waals surface area contributed by atoms with Crippen molar-refractivity contribution in [2.75, 3.05) is 7.11 Å². The van der Waals surface area contributed by atoms with Gasteiger partial charge in [-0.2, -0.15) is 0 Å². The van der Waals surface area contributed by atoms with Crippen molar-refractivity contribution in [2.45, 2.75) is 82.9 Å². The SMILES string of the molecule is COc1cc(C=C2SC(=NC3CCCCC3)N(C3CCCCC3)C2=O)cc(Br)c1OCc1ccc(Cl)cc1Cl. The first-order chi connectivity index (χ1) is 18.9. The minimum absolute atomic E-state index is 0.0641. The summed E-state index contributed by atoms with van der Waals surface area (Å²) in [4.78, 5) is 21.6. The predicted octanol–water partition coefficient (Wildman–Crippen LogP) is 9.28. The molecular weight excluding hydrogens is 619 g/mol. The van der Waals surface area contributed by atoms with Gasteiger partial charge in [0.2, 0.25) is 0 Å². The van der Waals surface area contributed by atoms with E-state index in [0.29, 0.717) is 32.5 Å². The quantitative estimate of drug-likeness (QED) is 0.280. The second-order valence-corrected chi connectivity index (χ2v) is 13.0. The highest BCUT2D eigenvalue weighted by molar-refractivity contribution is 9.10. The van der Waals surface area contributed by atoms with Gasteiger partial charge in [0.05, 0.1) is 22.5 Å². The molecular formula is C30H33BrCl2N2O3S. The second-order valence-electron chi connectivity index (χ2n) is 10.3. The Morgan fingerprint density at radius 1 is 1.05 bits per heavy atom. The van der Waals surface area contributed by atoms with Gasteiger partial charge in [0.15, 0.2) is 16.7 Å². The molecule has 39 heavy (non-hydrogen) atoms. The zero-order valence-electron chi connectivity index (χ0n) is 22.1. The van der Waals surface area contributed by atoms with Crippen LogP contribution in [-0.4, -0.2) is 35.2 Å². The third-order valence-corrected chi connectivity index (χ3v) is 9.75. The van der Waals surface area contributed by atoms with Gasteiger partial charge < -0.3 is 9.47 Å². The van der Waals surface area contributed by atoms with E-state index in [1.54, 1.807) is 19.2 Å². The number of methoxy groups -OCH3 is 1. The van der Waals surface area contributed by atoms with Crippen molar-refractivity contribution in [1.29, 1.82) is 0 Å². The maximum Gasteiger partial charge on any atom is 0.266 e. The highest BCUT2D eigenvalue weighted by Crippen LogP contribution is 2.41. The van der Waals surface area contributed by atoms with Gasteiger partial charge in [-0.05, 0) is 89.3 Å². The van der Waals surface area contributed by atoms with Crippen molar-refractivity contribution in [2.24, 2.45) is 4.99 Å². The average Bonchev–Trinajstić information content (AvgIpc) is 3.23. The Bertz CT molecular complexity index is 1270. The molecule has 2 aromatic carbocycles. The molecule has 1 amide bonds. The number of carbonyl (C=O) groups excluding carboxylic acids is 1. The van der Waals surface area contributed by atoms with Gasteiger partial charge in [-0.25, -0.2) is 0 Å². The van der Waals surface area contributed by atoms with Crippen molar-refractivity contribution in [1.82, 2.24) is 4.90 Å². The predicted molar refractivity (Wildman–Crippen MR) is 165 cm³/mol. The first kappa shape index (κ1) is 28.8. The number of amidine groups is 1. The van der Waals surface area contributed by atoms with Crippen LogP contribution in [0.3, 0.4) is 0 Å². The van der Waals surface area contributed by atoms with Crippen molar-refractivity contribution < 1.29 is 14.3 Å². The second kappa shape index (κ2) is 13.3. The number of benzene rings is 2. The molecule has 5 nitrogen and oxygen atoms in total. The maximum atomic E-state index is 13.7. The van der Waals surface area contributed by atoms with Crippen molar-refractivity contribution >= 4 is 68.0 Å². The minimum Gasteiger partial charge on any atom is -0.493 e. The lowest BCUT2D eigenvalue weighted by Crippen LogP contribution is -2.41. The highest BCUT2D eigenvalue weighted by Gasteiger charge is 2.39. The standard InChI is InChI=1S/C30H33BrCl2N2O3S/c1-37-26-15-19(14-24(31)28(26)38-18-20-12-13-21(32)17-25(20)33)16-27-29(36)35(23-10-6-3-7-11-23)30(39-27)34-22-8-4-2-5-9-22/h12-17,22-23H,2-11,18H2,1H3. The summed E-state index contributed by atoms with van der Waals surface area (Å²) in [6.07, 6.45) is 13.6. The number of rotatable bonds is 7. The molecule has 3 aliphatic rings. The van der Waals surface area contributed by atoms with Crippen molar-refractivity contribution in [3.63, 3.8) is 0 Å². The molecule has 0 unspecified atom stereocenters. The molecule has 0 spiro atoms. The molecule has 5 rings (SSSR count). The lowest BCUT2D eigenvalue weighted by molar-refractivity contribution is -0.124. The van der Waals surface area contributed by atoms with Gasteiger partial charge in [-0.1, -0.05) is 67.8 Å². The fourth-order valence-corrected chi connectivity index (χ4v) is 7.65. The number of carbonyl (C=O) groups is 1. The number of hydrogen-bond donors (Lipinski definition) is 0. The molecule has 208 valence electrons. The van der Waals surface area contributed by atoms with E-state index < -0.39 is 0 Å². The summed E-state index contributed by atoms with van der Waals surface area (Å²) in [5.74, 6) is 1.20. The Labute approximate surface area is 253 Å². The van der Waals surface area contributed by atoms with E-state index in [1.165, 1.54) is 50.3 Å². The summed E-state index contributed by atoms with van der Waals surface area (Å²) in [7, 11) is 1.61. The summed E-state index contributed by atoms with van der Waals surface area (Å²) in [5.41, 5.74) is 1.68. The van der Waals surface area contributed by atoms with Crippen LogP contribution in [0.5, 0.6) is 11.5 Å². The fraction of sp³-hybridized carbons (Fsp3) is 0.467. The Balaban J connectivity index is 1.40. The molecule has 9 heteroatoms. The van der Waals surface area contributed by atoms with Crippen molar-refractivity contribution in [3.05, 3.63) is 60.9 Å². The molecule has 1 aliphatic heterocycles. The Morgan fingerprint density at radius 3 is 2.46 bits per heavy atom. The average molecular weight is 652 g/mol. The Kier molecular flexibility index (Phi) is 9.86. The molecule has 3 fully saturated rings. The number of ether oxygens (including phenoxy) is 2. The molecule has 1 heterocycles. The first-order valence-corrected chi connectivity index (χ1v) is 16.0. The molecule has 2 aromatic rings. The lowest BCUT2D eigenvalue weighted by atomic mass is 9.94. The van der Waals surface area contributed by atoms with Crippen LogP contribution in [0.1, 0.15) is 75.3 Å². The van der Waals surface area contributed by atoms with E-state index in [1.807, 2.05) is 29.2 Å². The van der Waals surface area contributed by atoms with Crippen LogP contribution < -0.4 is 9.47 Å². The summed E-state index contributed by atoms with van der Waals surface area (Å²) < 4.78 is 12.5.